The van der Waals surface area contributed by atoms with E-state index in [1.54, 1.807) is 0 Å². The van der Waals surface area contributed by atoms with Gasteiger partial charge in [-0.3, -0.25) is 9.69 Å². The van der Waals surface area contributed by atoms with E-state index in [9.17, 15) is 15.0 Å². The first kappa shape index (κ1) is 17.7. The molecule has 0 aliphatic carbocycles. The lowest BCUT2D eigenvalue weighted by Gasteiger charge is -2.22. The highest BCUT2D eigenvalue weighted by Crippen LogP contribution is 2.18. The van der Waals surface area contributed by atoms with Crippen LogP contribution in [0.15, 0.2) is 10.9 Å². The monoisotopic (exact) mass is 298 g/mol. The summed E-state index contributed by atoms with van der Waals surface area (Å²) in [7, 11) is 1.81. The third kappa shape index (κ3) is 4.84. The van der Waals surface area contributed by atoms with Gasteiger partial charge in [-0.15, -0.1) is 0 Å². The second-order valence-electron chi connectivity index (χ2n) is 5.27. The van der Waals surface area contributed by atoms with Gasteiger partial charge in [0.1, 0.15) is 0 Å². The molecule has 21 heavy (non-hydrogen) atoms. The first-order valence-corrected chi connectivity index (χ1v) is 7.39. The summed E-state index contributed by atoms with van der Waals surface area (Å²) in [5.74, 6) is -0.270. The maximum Gasteiger partial charge on any atom is 0.223 e. The summed E-state index contributed by atoms with van der Waals surface area (Å²) < 4.78 is 1.82. The molecule has 0 spiro atoms. The maximum absolute atomic E-state index is 11.8. The number of nitrogens with zero attached hydrogens (tertiary/aromatic N) is 2. The molecule has 6 nitrogen and oxygen atoms in total. The van der Waals surface area contributed by atoms with Crippen LogP contribution in [0.25, 0.3) is 0 Å². The third-order valence-electron chi connectivity index (χ3n) is 3.53. The van der Waals surface area contributed by atoms with Crippen LogP contribution in [0.2, 0.25) is 0 Å². The van der Waals surface area contributed by atoms with Crippen molar-refractivity contribution in [1.29, 1.82) is 0 Å². The van der Waals surface area contributed by atoms with E-state index in [4.69, 9.17) is 5.11 Å². The normalized spacial score (nSPS) is 11.3. The molecule has 3 N–H and O–H groups in total. The van der Waals surface area contributed by atoms with Crippen LogP contribution in [0.4, 0.5) is 0 Å². The first-order chi connectivity index (χ1) is 10.0. The van der Waals surface area contributed by atoms with Gasteiger partial charge in [-0.2, -0.15) is 0 Å². The van der Waals surface area contributed by atoms with Crippen LogP contribution in [0.1, 0.15) is 37.6 Å². The predicted octanol–water partition coefficient (Wildman–Crippen LogP) is 0.660. The van der Waals surface area contributed by atoms with Gasteiger partial charge >= 0.3 is 0 Å². The predicted molar refractivity (Wildman–Crippen MR) is 81.2 cm³/mol. The van der Waals surface area contributed by atoms with Crippen molar-refractivity contribution in [2.24, 2.45) is 0 Å². The summed E-state index contributed by atoms with van der Waals surface area (Å²) in [4.78, 5) is 13.6. The van der Waals surface area contributed by atoms with Gasteiger partial charge in [0.15, 0.2) is 5.75 Å². The third-order valence-corrected chi connectivity index (χ3v) is 3.53. The molecule has 1 aromatic heterocycles. The standard InChI is InChI=1S/C15H26N2O4/c1-3-4-5-6-17-12(11-19)9-14(20)15(21)13(17)10-16(2)7-8-18/h9,18-19,21H,3-8,10-11H2,1-2H3. The summed E-state index contributed by atoms with van der Waals surface area (Å²) in [5.41, 5.74) is 0.540. The SMILES string of the molecule is CCCCCn1c(CO)cc(=O)c(O)c1CN(C)CCO. The second kappa shape index (κ2) is 8.81. The van der Waals surface area contributed by atoms with Crippen LogP contribution in [0, 0.1) is 0 Å². The van der Waals surface area contributed by atoms with Crippen molar-refractivity contribution in [3.05, 3.63) is 27.7 Å². The van der Waals surface area contributed by atoms with Crippen molar-refractivity contribution < 1.29 is 15.3 Å². The minimum Gasteiger partial charge on any atom is -0.503 e. The van der Waals surface area contributed by atoms with Gasteiger partial charge in [-0.1, -0.05) is 19.8 Å². The van der Waals surface area contributed by atoms with E-state index in [-0.39, 0.29) is 19.0 Å². The van der Waals surface area contributed by atoms with Crippen molar-refractivity contribution >= 4 is 0 Å². The fourth-order valence-electron chi connectivity index (χ4n) is 2.34. The number of aliphatic hydroxyl groups is 2. The molecule has 0 aliphatic heterocycles. The van der Waals surface area contributed by atoms with Crippen LogP contribution in [-0.4, -0.2) is 45.0 Å². The van der Waals surface area contributed by atoms with E-state index in [2.05, 4.69) is 6.92 Å². The van der Waals surface area contributed by atoms with Gasteiger partial charge in [-0.25, -0.2) is 0 Å². The van der Waals surface area contributed by atoms with Crippen molar-refractivity contribution in [1.82, 2.24) is 9.47 Å². The van der Waals surface area contributed by atoms with E-state index >= 15 is 0 Å². The zero-order valence-electron chi connectivity index (χ0n) is 12.9. The minimum atomic E-state index is -0.474. The first-order valence-electron chi connectivity index (χ1n) is 7.39. The lowest BCUT2D eigenvalue weighted by atomic mass is 10.2. The van der Waals surface area contributed by atoms with Crippen LogP contribution in [-0.2, 0) is 19.7 Å². The Bertz CT molecular complexity index is 499. The molecule has 0 unspecified atom stereocenters. The lowest BCUT2D eigenvalue weighted by molar-refractivity contribution is 0.210. The van der Waals surface area contributed by atoms with Gasteiger partial charge in [0, 0.05) is 31.4 Å². The Labute approximate surface area is 125 Å². The molecule has 0 atom stereocenters. The van der Waals surface area contributed by atoms with Gasteiger partial charge in [-0.05, 0) is 13.5 Å². The highest BCUT2D eigenvalue weighted by molar-refractivity contribution is 5.30. The van der Waals surface area contributed by atoms with Crippen molar-refractivity contribution in [2.75, 3.05) is 20.2 Å². The molecule has 1 aromatic rings. The molecule has 0 bridgehead atoms. The van der Waals surface area contributed by atoms with Gasteiger partial charge in [0.2, 0.25) is 5.43 Å². The number of aliphatic hydroxyl groups excluding tert-OH is 2. The molecule has 0 aliphatic rings. The Morgan fingerprint density at radius 3 is 2.57 bits per heavy atom. The van der Waals surface area contributed by atoms with E-state index < -0.39 is 5.43 Å². The summed E-state index contributed by atoms with van der Waals surface area (Å²) in [6.45, 7) is 3.33. The Hall–Kier alpha value is -1.37. The molecule has 0 radical (unpaired) electrons. The number of hydrogen-bond acceptors (Lipinski definition) is 5. The molecule has 6 heteroatoms. The summed E-state index contributed by atoms with van der Waals surface area (Å²) >= 11 is 0. The van der Waals surface area contributed by atoms with E-state index in [1.807, 2.05) is 16.5 Å². The summed E-state index contributed by atoms with van der Waals surface area (Å²) in [6, 6.07) is 1.29. The van der Waals surface area contributed by atoms with E-state index in [0.29, 0.717) is 31.0 Å². The Balaban J connectivity index is 3.15. The molecule has 120 valence electrons. The zero-order valence-corrected chi connectivity index (χ0v) is 12.9. The fraction of sp³-hybridized carbons (Fsp3) is 0.667. The van der Waals surface area contributed by atoms with E-state index in [1.165, 1.54) is 6.07 Å². The van der Waals surface area contributed by atoms with Gasteiger partial charge < -0.3 is 19.9 Å². The highest BCUT2D eigenvalue weighted by atomic mass is 16.3. The zero-order chi connectivity index (χ0) is 15.8. The number of aromatic hydroxyl groups is 1. The molecule has 0 aromatic carbocycles. The molecule has 0 saturated carbocycles. The maximum atomic E-state index is 11.8. The molecule has 0 saturated heterocycles. The molecular formula is C15H26N2O4. The largest absolute Gasteiger partial charge is 0.503 e. The number of pyridine rings is 1. The molecule has 1 rings (SSSR count). The average molecular weight is 298 g/mol. The Kier molecular flexibility index (Phi) is 7.42. The van der Waals surface area contributed by atoms with Crippen LogP contribution in [0.5, 0.6) is 5.75 Å². The average Bonchev–Trinajstić information content (AvgIpc) is 2.46. The van der Waals surface area contributed by atoms with Gasteiger partial charge in [0.05, 0.1) is 18.9 Å². The van der Waals surface area contributed by atoms with Crippen molar-refractivity contribution in [3.63, 3.8) is 0 Å². The van der Waals surface area contributed by atoms with Gasteiger partial charge in [0.25, 0.3) is 0 Å². The number of aromatic nitrogens is 1. The van der Waals surface area contributed by atoms with Crippen LogP contribution >= 0.6 is 0 Å². The number of hydrogen-bond donors (Lipinski definition) is 3. The molecule has 0 amide bonds. The molecular weight excluding hydrogens is 272 g/mol. The smallest absolute Gasteiger partial charge is 0.223 e. The minimum absolute atomic E-state index is 0.0109. The quantitative estimate of drug-likeness (QED) is 0.583. The topological polar surface area (TPSA) is 85.9 Å². The number of rotatable bonds is 9. The molecule has 0 fully saturated rings. The van der Waals surface area contributed by atoms with E-state index in [0.717, 1.165) is 19.3 Å². The highest BCUT2D eigenvalue weighted by Gasteiger charge is 2.16. The summed E-state index contributed by atoms with van der Waals surface area (Å²) in [5, 5.41) is 28.5. The lowest BCUT2D eigenvalue weighted by Crippen LogP contribution is -2.27. The van der Waals surface area contributed by atoms with Crippen LogP contribution < -0.4 is 5.43 Å². The Morgan fingerprint density at radius 2 is 2.00 bits per heavy atom. The summed E-state index contributed by atoms with van der Waals surface area (Å²) in [6.07, 6.45) is 3.03. The second-order valence-corrected chi connectivity index (χ2v) is 5.27. The van der Waals surface area contributed by atoms with Crippen molar-refractivity contribution in [3.8, 4) is 5.75 Å². The number of likely N-dealkylation sites (N-methyl/N-ethyl adjacent to an activating group) is 1. The molecule has 1 heterocycles. The Morgan fingerprint density at radius 1 is 1.29 bits per heavy atom. The van der Waals surface area contributed by atoms with Crippen LogP contribution in [0.3, 0.4) is 0 Å². The fourth-order valence-corrected chi connectivity index (χ4v) is 2.34. The number of unbranched alkanes of at least 4 members (excludes halogenated alkanes) is 2. The van der Waals surface area contributed by atoms with Crippen molar-refractivity contribution in [2.45, 2.75) is 45.9 Å².